The zero-order chi connectivity index (χ0) is 23.3. The van der Waals surface area contributed by atoms with Crippen LogP contribution in [0.5, 0.6) is 0 Å². The van der Waals surface area contributed by atoms with E-state index < -0.39 is 28.5 Å². The number of hydrogen-bond acceptors (Lipinski definition) is 4. The predicted octanol–water partition coefficient (Wildman–Crippen LogP) is 2.89. The fourth-order valence-electron chi connectivity index (χ4n) is 3.26. The molecule has 9 heteroatoms. The SMILES string of the molecule is CNC(=O)C(C)N(Cc1ccc(Cl)cc1)C(=O)CN(c1ccc(C)cc1C)S(C)(=O)=O. The second-order valence-electron chi connectivity index (χ2n) is 7.50. The Labute approximate surface area is 189 Å². The van der Waals surface area contributed by atoms with Crippen LogP contribution in [-0.4, -0.2) is 51.0 Å². The molecule has 0 bridgehead atoms. The van der Waals surface area contributed by atoms with E-state index in [4.69, 9.17) is 11.6 Å². The Morgan fingerprint density at radius 2 is 1.71 bits per heavy atom. The summed E-state index contributed by atoms with van der Waals surface area (Å²) in [6, 6.07) is 11.5. The molecule has 0 radical (unpaired) electrons. The first kappa shape index (κ1) is 24.7. The molecule has 1 atom stereocenters. The van der Waals surface area contributed by atoms with Crippen LogP contribution in [0.25, 0.3) is 0 Å². The van der Waals surface area contributed by atoms with Gasteiger partial charge in [-0.3, -0.25) is 13.9 Å². The average Bonchev–Trinajstić information content (AvgIpc) is 2.70. The van der Waals surface area contributed by atoms with Gasteiger partial charge in [0.05, 0.1) is 11.9 Å². The quantitative estimate of drug-likeness (QED) is 0.649. The summed E-state index contributed by atoms with van der Waals surface area (Å²) in [5, 5.41) is 3.09. The number of rotatable bonds is 8. The number of hydrogen-bond donors (Lipinski definition) is 1. The number of halogens is 1. The summed E-state index contributed by atoms with van der Waals surface area (Å²) in [6.07, 6.45) is 1.06. The molecule has 2 amide bonds. The highest BCUT2D eigenvalue weighted by molar-refractivity contribution is 7.92. The van der Waals surface area contributed by atoms with Crippen LogP contribution in [0.2, 0.25) is 5.02 Å². The summed E-state index contributed by atoms with van der Waals surface area (Å²) in [5.74, 6) is -0.837. The van der Waals surface area contributed by atoms with E-state index in [1.807, 2.05) is 13.0 Å². The third kappa shape index (κ3) is 6.45. The van der Waals surface area contributed by atoms with E-state index in [1.165, 1.54) is 11.9 Å². The molecule has 7 nitrogen and oxygen atoms in total. The Morgan fingerprint density at radius 3 is 2.23 bits per heavy atom. The zero-order valence-electron chi connectivity index (χ0n) is 18.3. The fourth-order valence-corrected chi connectivity index (χ4v) is 4.29. The van der Waals surface area contributed by atoms with Gasteiger partial charge in [0, 0.05) is 18.6 Å². The third-order valence-corrected chi connectivity index (χ3v) is 6.36. The minimum Gasteiger partial charge on any atom is -0.357 e. The van der Waals surface area contributed by atoms with Crippen LogP contribution in [-0.2, 0) is 26.2 Å². The van der Waals surface area contributed by atoms with Crippen LogP contribution in [0.4, 0.5) is 5.69 Å². The largest absolute Gasteiger partial charge is 0.357 e. The van der Waals surface area contributed by atoms with Gasteiger partial charge >= 0.3 is 0 Å². The lowest BCUT2D eigenvalue weighted by Gasteiger charge is -2.31. The Bertz CT molecular complexity index is 1050. The molecule has 0 spiro atoms. The first-order chi connectivity index (χ1) is 14.4. The standard InChI is InChI=1S/C22H28ClN3O4S/c1-15-6-11-20(16(2)12-15)26(31(5,29)30)14-21(27)25(17(3)22(28)24-4)13-18-7-9-19(23)10-8-18/h6-12,17H,13-14H2,1-5H3,(H,24,28). The molecule has 0 fully saturated rings. The van der Waals surface area contributed by atoms with Crippen molar-refractivity contribution in [1.29, 1.82) is 0 Å². The smallest absolute Gasteiger partial charge is 0.244 e. The van der Waals surface area contributed by atoms with Crippen molar-refractivity contribution >= 4 is 39.1 Å². The van der Waals surface area contributed by atoms with Crippen LogP contribution >= 0.6 is 11.6 Å². The maximum Gasteiger partial charge on any atom is 0.244 e. The Kier molecular flexibility index (Phi) is 8.08. The molecule has 0 saturated carbocycles. The minimum absolute atomic E-state index is 0.134. The summed E-state index contributed by atoms with van der Waals surface area (Å²) in [7, 11) is -2.26. The van der Waals surface area contributed by atoms with Gasteiger partial charge in [0.1, 0.15) is 12.6 Å². The lowest BCUT2D eigenvalue weighted by molar-refractivity contribution is -0.139. The molecule has 2 aromatic rings. The number of nitrogens with one attached hydrogen (secondary N) is 1. The van der Waals surface area contributed by atoms with E-state index in [0.29, 0.717) is 10.7 Å². The maximum absolute atomic E-state index is 13.3. The van der Waals surface area contributed by atoms with Gasteiger partial charge in [0.15, 0.2) is 0 Å². The molecular weight excluding hydrogens is 438 g/mol. The van der Waals surface area contributed by atoms with Crippen LogP contribution < -0.4 is 9.62 Å². The van der Waals surface area contributed by atoms with Gasteiger partial charge in [-0.2, -0.15) is 0 Å². The Balaban J connectivity index is 2.40. The van der Waals surface area contributed by atoms with Gasteiger partial charge < -0.3 is 10.2 Å². The van der Waals surface area contributed by atoms with Crippen LogP contribution in [0.3, 0.4) is 0 Å². The lowest BCUT2D eigenvalue weighted by Crippen LogP contribution is -2.50. The molecule has 168 valence electrons. The molecule has 0 aliphatic carbocycles. The molecule has 1 N–H and O–H groups in total. The van der Waals surface area contributed by atoms with Crippen molar-refractivity contribution in [2.24, 2.45) is 0 Å². The van der Waals surface area contributed by atoms with E-state index in [2.05, 4.69) is 5.32 Å². The summed E-state index contributed by atoms with van der Waals surface area (Å²) in [4.78, 5) is 27.0. The van der Waals surface area contributed by atoms with Crippen molar-refractivity contribution in [3.05, 3.63) is 64.2 Å². The van der Waals surface area contributed by atoms with Crippen molar-refractivity contribution in [3.63, 3.8) is 0 Å². The lowest BCUT2D eigenvalue weighted by atomic mass is 10.1. The molecule has 0 aliphatic rings. The number of carbonyl (C=O) groups excluding carboxylic acids is 2. The number of aryl methyl sites for hydroxylation is 2. The van der Waals surface area contributed by atoms with Crippen molar-refractivity contribution in [2.75, 3.05) is 24.2 Å². The highest BCUT2D eigenvalue weighted by Crippen LogP contribution is 2.24. The van der Waals surface area contributed by atoms with Crippen molar-refractivity contribution < 1.29 is 18.0 Å². The monoisotopic (exact) mass is 465 g/mol. The number of nitrogens with zero attached hydrogens (tertiary/aromatic N) is 2. The third-order valence-electron chi connectivity index (χ3n) is 4.98. The maximum atomic E-state index is 13.3. The fraction of sp³-hybridized carbons (Fsp3) is 0.364. The molecule has 0 saturated heterocycles. The second kappa shape index (κ2) is 10.2. The molecule has 0 aliphatic heterocycles. The Morgan fingerprint density at radius 1 is 1.10 bits per heavy atom. The normalized spacial score (nSPS) is 12.2. The van der Waals surface area contributed by atoms with Crippen LogP contribution in [0.1, 0.15) is 23.6 Å². The highest BCUT2D eigenvalue weighted by Gasteiger charge is 2.30. The predicted molar refractivity (Wildman–Crippen MR) is 124 cm³/mol. The highest BCUT2D eigenvalue weighted by atomic mass is 35.5. The number of sulfonamides is 1. The van der Waals surface area contributed by atoms with Crippen molar-refractivity contribution in [1.82, 2.24) is 10.2 Å². The molecule has 0 aromatic heterocycles. The molecule has 0 heterocycles. The number of amides is 2. The number of benzene rings is 2. The van der Waals surface area contributed by atoms with E-state index >= 15 is 0 Å². The molecule has 1 unspecified atom stereocenters. The first-order valence-electron chi connectivity index (χ1n) is 9.74. The van der Waals surface area contributed by atoms with E-state index in [-0.39, 0.29) is 12.5 Å². The zero-order valence-corrected chi connectivity index (χ0v) is 19.9. The van der Waals surface area contributed by atoms with Gasteiger partial charge in [-0.25, -0.2) is 8.42 Å². The molecule has 31 heavy (non-hydrogen) atoms. The van der Waals surface area contributed by atoms with E-state index in [0.717, 1.165) is 27.3 Å². The number of likely N-dealkylation sites (N-methyl/N-ethyl adjacent to an activating group) is 1. The van der Waals surface area contributed by atoms with Gasteiger partial charge in [0.25, 0.3) is 0 Å². The minimum atomic E-state index is -3.74. The summed E-state index contributed by atoms with van der Waals surface area (Å²) < 4.78 is 26.2. The van der Waals surface area contributed by atoms with Crippen LogP contribution in [0.15, 0.2) is 42.5 Å². The van der Waals surface area contributed by atoms with Gasteiger partial charge in [-0.15, -0.1) is 0 Å². The molecular formula is C22H28ClN3O4S. The van der Waals surface area contributed by atoms with Crippen LogP contribution in [0, 0.1) is 13.8 Å². The van der Waals surface area contributed by atoms with Gasteiger partial charge in [-0.05, 0) is 50.1 Å². The average molecular weight is 466 g/mol. The Hall–Kier alpha value is -2.58. The van der Waals surface area contributed by atoms with Crippen molar-refractivity contribution in [2.45, 2.75) is 33.4 Å². The van der Waals surface area contributed by atoms with E-state index in [1.54, 1.807) is 50.2 Å². The van der Waals surface area contributed by atoms with E-state index in [9.17, 15) is 18.0 Å². The summed E-state index contributed by atoms with van der Waals surface area (Å²) in [5.41, 5.74) is 2.92. The van der Waals surface area contributed by atoms with Gasteiger partial charge in [-0.1, -0.05) is 41.4 Å². The number of anilines is 1. The number of carbonyl (C=O) groups is 2. The topological polar surface area (TPSA) is 86.8 Å². The first-order valence-corrected chi connectivity index (χ1v) is 12.0. The molecule has 2 rings (SSSR count). The second-order valence-corrected chi connectivity index (χ2v) is 9.84. The summed E-state index contributed by atoms with van der Waals surface area (Å²) >= 11 is 5.94. The molecule has 2 aromatic carbocycles. The van der Waals surface area contributed by atoms with Crippen molar-refractivity contribution in [3.8, 4) is 0 Å². The summed E-state index contributed by atoms with van der Waals surface area (Å²) in [6.45, 7) is 5.02. The van der Waals surface area contributed by atoms with Gasteiger partial charge in [0.2, 0.25) is 21.8 Å².